The zero-order valence-corrected chi connectivity index (χ0v) is 11.3. The van der Waals surface area contributed by atoms with Crippen LogP contribution >= 0.6 is 0 Å². The lowest BCUT2D eigenvalue weighted by Gasteiger charge is -2.19. The van der Waals surface area contributed by atoms with E-state index < -0.39 is 12.1 Å². The first-order valence-corrected chi connectivity index (χ1v) is 6.41. The lowest BCUT2D eigenvalue weighted by Crippen LogP contribution is -2.28. The zero-order valence-electron chi connectivity index (χ0n) is 11.3. The van der Waals surface area contributed by atoms with Crippen molar-refractivity contribution >= 4 is 11.8 Å². The molecule has 0 spiro atoms. The number of halogens is 3. The van der Waals surface area contributed by atoms with Gasteiger partial charge in [-0.25, -0.2) is 9.78 Å². The monoisotopic (exact) mass is 314 g/mol. The number of nitrogens with two attached hydrogens (primary N) is 1. The zero-order chi connectivity index (χ0) is 16.5. The van der Waals surface area contributed by atoms with Crippen LogP contribution in [-0.4, -0.2) is 41.4 Å². The normalized spacial score (nSPS) is 25.6. The van der Waals surface area contributed by atoms with Crippen LogP contribution in [0.2, 0.25) is 0 Å². The summed E-state index contributed by atoms with van der Waals surface area (Å²) in [5.74, 6) is -0.453. The first-order chi connectivity index (χ1) is 10.2. The highest BCUT2D eigenvalue weighted by atomic mass is 19.4. The van der Waals surface area contributed by atoms with E-state index in [-0.39, 0.29) is 0 Å². The predicted octanol–water partition coefficient (Wildman–Crippen LogP) is 0.980. The number of carboxylic acid groups (broad SMARTS) is 1. The van der Waals surface area contributed by atoms with Crippen molar-refractivity contribution in [3.8, 4) is 6.07 Å². The van der Waals surface area contributed by atoms with Gasteiger partial charge in [-0.2, -0.15) is 18.4 Å². The second kappa shape index (κ2) is 5.81. The van der Waals surface area contributed by atoms with Gasteiger partial charge in [0.05, 0.1) is 5.56 Å². The fourth-order valence-electron chi connectivity index (χ4n) is 2.40. The molecule has 1 saturated heterocycles. The van der Waals surface area contributed by atoms with E-state index in [1.807, 2.05) is 12.1 Å². The van der Waals surface area contributed by atoms with Crippen LogP contribution in [0.5, 0.6) is 0 Å². The summed E-state index contributed by atoms with van der Waals surface area (Å²) in [5.41, 5.74) is 6.48. The second-order valence-electron chi connectivity index (χ2n) is 5.13. The van der Waals surface area contributed by atoms with Crippen LogP contribution in [0.1, 0.15) is 5.56 Å². The Hall–Kier alpha value is -2.34. The number of carboxylic acids is 1. The Bertz CT molecular complexity index is 585. The molecule has 0 bridgehead atoms. The number of pyridine rings is 1. The molecule has 2 aliphatic rings. The number of aromatic nitrogens is 1. The highest BCUT2D eigenvalue weighted by Gasteiger charge is 2.53. The van der Waals surface area contributed by atoms with Gasteiger partial charge in [0.2, 0.25) is 0 Å². The number of nitrogens with zero attached hydrogens (tertiary/aromatic N) is 3. The van der Waals surface area contributed by atoms with E-state index in [4.69, 9.17) is 20.9 Å². The van der Waals surface area contributed by atoms with E-state index in [0.717, 1.165) is 18.9 Å². The number of hydrogen-bond acceptors (Lipinski definition) is 5. The maximum absolute atomic E-state index is 10.6. The average Bonchev–Trinajstić information content (AvgIpc) is 2.90. The molecule has 1 aromatic rings. The summed E-state index contributed by atoms with van der Waals surface area (Å²) >= 11 is 0. The summed E-state index contributed by atoms with van der Waals surface area (Å²) < 4.78 is 31.7. The predicted molar refractivity (Wildman–Crippen MR) is 69.8 cm³/mol. The molecule has 2 fully saturated rings. The Kier molecular flexibility index (Phi) is 4.23. The Morgan fingerprint density at radius 1 is 1.41 bits per heavy atom. The molecule has 0 radical (unpaired) electrons. The van der Waals surface area contributed by atoms with Crippen molar-refractivity contribution in [1.82, 2.24) is 4.98 Å². The summed E-state index contributed by atoms with van der Waals surface area (Å²) in [5, 5.41) is 15.8. The Labute approximate surface area is 124 Å². The quantitative estimate of drug-likeness (QED) is 0.801. The molecule has 1 aromatic heterocycles. The van der Waals surface area contributed by atoms with Gasteiger partial charge in [-0.05, 0) is 24.0 Å². The number of fused-ring (bicyclic) bond motifs is 1. The van der Waals surface area contributed by atoms with E-state index >= 15 is 0 Å². The molecule has 0 aromatic carbocycles. The Morgan fingerprint density at radius 3 is 2.32 bits per heavy atom. The van der Waals surface area contributed by atoms with Gasteiger partial charge in [0.15, 0.2) is 0 Å². The van der Waals surface area contributed by atoms with Crippen LogP contribution in [0.25, 0.3) is 0 Å². The number of piperidine rings is 1. The van der Waals surface area contributed by atoms with Crippen LogP contribution < -0.4 is 10.6 Å². The van der Waals surface area contributed by atoms with Crippen molar-refractivity contribution in [2.24, 2.45) is 17.6 Å². The summed E-state index contributed by atoms with van der Waals surface area (Å²) in [4.78, 5) is 15.4. The molecule has 3 atom stereocenters. The van der Waals surface area contributed by atoms with Gasteiger partial charge in [0.25, 0.3) is 0 Å². The molecular formula is C13H13F3N4O2. The van der Waals surface area contributed by atoms with E-state index in [0.29, 0.717) is 23.4 Å². The smallest absolute Gasteiger partial charge is 0.475 e. The van der Waals surface area contributed by atoms with Crippen molar-refractivity contribution in [3.63, 3.8) is 0 Å². The lowest BCUT2D eigenvalue weighted by molar-refractivity contribution is -0.192. The first kappa shape index (κ1) is 16.0. The van der Waals surface area contributed by atoms with Gasteiger partial charge in [0, 0.05) is 25.3 Å². The molecule has 1 saturated carbocycles. The Balaban J connectivity index is 0.000000217. The molecule has 2 heterocycles. The van der Waals surface area contributed by atoms with Gasteiger partial charge < -0.3 is 15.7 Å². The lowest BCUT2D eigenvalue weighted by atomic mass is 10.3. The highest BCUT2D eigenvalue weighted by molar-refractivity contribution is 5.73. The third-order valence-electron chi connectivity index (χ3n) is 3.70. The summed E-state index contributed by atoms with van der Waals surface area (Å²) in [7, 11) is 0. The van der Waals surface area contributed by atoms with Gasteiger partial charge in [-0.1, -0.05) is 0 Å². The standard InChI is InChI=1S/C11H12N4.C2HF3O2/c12-3-7-1-2-10(14-4-7)15-5-8-9(6-15)11(8)13;3-2(4,5)1(6)7/h1-2,4,8-9,11H,5-6,13H2;(H,6,7)/t8-,9+,11?;. The van der Waals surface area contributed by atoms with Crippen molar-refractivity contribution in [2.75, 3.05) is 18.0 Å². The SMILES string of the molecule is N#Cc1ccc(N2C[C@@H]3C(N)[C@@H]3C2)nc1.O=C(O)C(F)(F)F. The molecular weight excluding hydrogens is 301 g/mol. The Morgan fingerprint density at radius 2 is 1.95 bits per heavy atom. The minimum atomic E-state index is -5.08. The van der Waals surface area contributed by atoms with Crippen molar-refractivity contribution in [1.29, 1.82) is 5.26 Å². The molecule has 1 aliphatic heterocycles. The maximum Gasteiger partial charge on any atom is 0.490 e. The molecule has 118 valence electrons. The first-order valence-electron chi connectivity index (χ1n) is 6.41. The summed E-state index contributed by atoms with van der Waals surface area (Å²) in [6.07, 6.45) is -3.46. The number of carbonyl (C=O) groups is 1. The number of aliphatic carboxylic acids is 1. The number of anilines is 1. The van der Waals surface area contributed by atoms with Crippen LogP contribution in [0.3, 0.4) is 0 Å². The van der Waals surface area contributed by atoms with Gasteiger partial charge >= 0.3 is 12.1 Å². The minimum Gasteiger partial charge on any atom is -0.475 e. The van der Waals surface area contributed by atoms with Crippen molar-refractivity contribution < 1.29 is 23.1 Å². The molecule has 3 N–H and O–H groups in total. The molecule has 1 aliphatic carbocycles. The second-order valence-corrected chi connectivity index (χ2v) is 5.13. The topological polar surface area (TPSA) is 103 Å². The highest BCUT2D eigenvalue weighted by Crippen LogP contribution is 2.44. The third-order valence-corrected chi connectivity index (χ3v) is 3.70. The van der Waals surface area contributed by atoms with E-state index in [2.05, 4.69) is 16.0 Å². The van der Waals surface area contributed by atoms with Crippen LogP contribution in [0.15, 0.2) is 18.3 Å². The van der Waals surface area contributed by atoms with Crippen LogP contribution in [0.4, 0.5) is 19.0 Å². The number of nitriles is 1. The van der Waals surface area contributed by atoms with Crippen LogP contribution in [-0.2, 0) is 4.79 Å². The van der Waals surface area contributed by atoms with Gasteiger partial charge in [0.1, 0.15) is 11.9 Å². The van der Waals surface area contributed by atoms with Gasteiger partial charge in [-0.3, -0.25) is 0 Å². The molecule has 6 nitrogen and oxygen atoms in total. The largest absolute Gasteiger partial charge is 0.490 e. The van der Waals surface area contributed by atoms with Crippen molar-refractivity contribution in [3.05, 3.63) is 23.9 Å². The molecule has 0 amide bonds. The number of hydrogen-bond donors (Lipinski definition) is 2. The van der Waals surface area contributed by atoms with Crippen molar-refractivity contribution in [2.45, 2.75) is 12.2 Å². The van der Waals surface area contributed by atoms with E-state index in [1.54, 1.807) is 6.20 Å². The van der Waals surface area contributed by atoms with Crippen LogP contribution in [0, 0.1) is 23.2 Å². The minimum absolute atomic E-state index is 0.416. The molecule has 22 heavy (non-hydrogen) atoms. The average molecular weight is 314 g/mol. The third kappa shape index (κ3) is 3.46. The summed E-state index contributed by atoms with van der Waals surface area (Å²) in [6.45, 7) is 2.04. The fraction of sp³-hybridized carbons (Fsp3) is 0.462. The number of rotatable bonds is 1. The fourth-order valence-corrected chi connectivity index (χ4v) is 2.40. The van der Waals surface area contributed by atoms with E-state index in [9.17, 15) is 13.2 Å². The number of alkyl halides is 3. The maximum atomic E-state index is 10.6. The molecule has 9 heteroatoms. The summed E-state index contributed by atoms with van der Waals surface area (Å²) in [6, 6.07) is 6.21. The van der Waals surface area contributed by atoms with Gasteiger partial charge in [-0.15, -0.1) is 0 Å². The molecule has 3 rings (SSSR count). The molecule has 1 unspecified atom stereocenters. The van der Waals surface area contributed by atoms with E-state index in [1.165, 1.54) is 0 Å².